The van der Waals surface area contributed by atoms with Crippen LogP contribution in [-0.2, 0) is 11.3 Å². The monoisotopic (exact) mass is 341 g/mol. The molecule has 2 heterocycles. The first kappa shape index (κ1) is 17.4. The largest absolute Gasteiger partial charge is 0.383 e. The highest BCUT2D eigenvalue weighted by atomic mass is 16.5. The van der Waals surface area contributed by atoms with Gasteiger partial charge in [0.05, 0.1) is 19.2 Å². The summed E-state index contributed by atoms with van der Waals surface area (Å²) in [4.78, 5) is 26.7. The number of ether oxygens (including phenoxy) is 1. The molecule has 3 rings (SSSR count). The van der Waals surface area contributed by atoms with Crippen LogP contribution in [0.15, 0.2) is 41.2 Å². The van der Waals surface area contributed by atoms with Gasteiger partial charge in [-0.3, -0.25) is 9.59 Å². The van der Waals surface area contributed by atoms with Crippen LogP contribution in [0.3, 0.4) is 0 Å². The Morgan fingerprint density at radius 3 is 2.92 bits per heavy atom. The molecule has 0 aliphatic carbocycles. The van der Waals surface area contributed by atoms with Crippen LogP contribution in [0.5, 0.6) is 0 Å². The predicted molar refractivity (Wildman–Crippen MR) is 94.6 cm³/mol. The van der Waals surface area contributed by atoms with Gasteiger partial charge in [-0.25, -0.2) is 4.68 Å². The molecule has 1 aliphatic heterocycles. The highest BCUT2D eigenvalue weighted by Crippen LogP contribution is 2.33. The number of rotatable bonds is 5. The van der Waals surface area contributed by atoms with Gasteiger partial charge >= 0.3 is 0 Å². The quantitative estimate of drug-likeness (QED) is 0.836. The van der Waals surface area contributed by atoms with Gasteiger partial charge in [-0.1, -0.05) is 29.8 Å². The van der Waals surface area contributed by atoms with Crippen molar-refractivity contribution in [1.29, 1.82) is 0 Å². The molecule has 1 aromatic heterocycles. The van der Waals surface area contributed by atoms with Crippen molar-refractivity contribution in [1.82, 2.24) is 14.7 Å². The second-order valence-corrected chi connectivity index (χ2v) is 6.34. The van der Waals surface area contributed by atoms with E-state index in [1.54, 1.807) is 7.11 Å². The van der Waals surface area contributed by atoms with Gasteiger partial charge in [-0.05, 0) is 31.4 Å². The van der Waals surface area contributed by atoms with Gasteiger partial charge in [-0.15, -0.1) is 0 Å². The number of aromatic nitrogens is 2. The standard InChI is InChI=1S/C19H23N3O3/c1-14-5-3-6-15(13-14)17-7-4-10-21(17)19(24)16-8-9-18(23)22(20-16)11-12-25-2/h3,5-6,8-9,13,17H,4,7,10-12H2,1-2H3. The highest BCUT2D eigenvalue weighted by Gasteiger charge is 2.31. The van der Waals surface area contributed by atoms with Crippen molar-refractivity contribution >= 4 is 5.91 Å². The van der Waals surface area contributed by atoms with E-state index in [2.05, 4.69) is 30.2 Å². The summed E-state index contributed by atoms with van der Waals surface area (Å²) in [6.45, 7) is 3.46. The third kappa shape index (κ3) is 3.79. The number of aryl methyl sites for hydroxylation is 1. The van der Waals surface area contributed by atoms with Crippen LogP contribution >= 0.6 is 0 Å². The molecule has 2 aromatic rings. The van der Waals surface area contributed by atoms with E-state index < -0.39 is 0 Å². The molecule has 1 saturated heterocycles. The topological polar surface area (TPSA) is 64.4 Å². The van der Waals surface area contributed by atoms with Crippen molar-refractivity contribution in [2.45, 2.75) is 32.4 Å². The molecule has 0 radical (unpaired) electrons. The van der Waals surface area contributed by atoms with Gasteiger partial charge in [0.2, 0.25) is 0 Å². The second kappa shape index (κ2) is 7.61. The number of carbonyl (C=O) groups is 1. The third-order valence-electron chi connectivity index (χ3n) is 4.53. The number of nitrogens with zero attached hydrogens (tertiary/aromatic N) is 3. The van der Waals surface area contributed by atoms with Crippen molar-refractivity contribution in [2.75, 3.05) is 20.3 Å². The Hall–Kier alpha value is -2.47. The van der Waals surface area contributed by atoms with E-state index >= 15 is 0 Å². The van der Waals surface area contributed by atoms with Crippen molar-refractivity contribution in [3.05, 3.63) is 63.6 Å². The number of likely N-dealkylation sites (tertiary alicyclic amines) is 1. The Labute approximate surface area is 147 Å². The fraction of sp³-hybridized carbons (Fsp3) is 0.421. The Balaban J connectivity index is 1.85. The molecule has 0 saturated carbocycles. The lowest BCUT2D eigenvalue weighted by atomic mass is 10.0. The molecule has 1 unspecified atom stereocenters. The SMILES string of the molecule is COCCn1nc(C(=O)N2CCCC2c2cccc(C)c2)ccc1=O. The van der Waals surface area contributed by atoms with Gasteiger partial charge in [0, 0.05) is 19.7 Å². The molecule has 0 spiro atoms. The van der Waals surface area contributed by atoms with E-state index in [-0.39, 0.29) is 17.5 Å². The lowest BCUT2D eigenvalue weighted by Crippen LogP contribution is -2.34. The van der Waals surface area contributed by atoms with E-state index in [1.807, 2.05) is 11.0 Å². The molecular formula is C19H23N3O3. The first-order valence-corrected chi connectivity index (χ1v) is 8.55. The minimum atomic E-state index is -0.231. The van der Waals surface area contributed by atoms with Crippen LogP contribution in [-0.4, -0.2) is 40.8 Å². The highest BCUT2D eigenvalue weighted by molar-refractivity contribution is 5.92. The molecule has 6 nitrogen and oxygen atoms in total. The minimum Gasteiger partial charge on any atom is -0.383 e. The van der Waals surface area contributed by atoms with E-state index in [0.29, 0.717) is 25.4 Å². The van der Waals surface area contributed by atoms with Crippen LogP contribution in [0.4, 0.5) is 0 Å². The molecule has 1 atom stereocenters. The molecule has 132 valence electrons. The number of methoxy groups -OCH3 is 1. The Morgan fingerprint density at radius 2 is 2.16 bits per heavy atom. The fourth-order valence-electron chi connectivity index (χ4n) is 3.28. The van der Waals surface area contributed by atoms with E-state index in [9.17, 15) is 9.59 Å². The molecule has 1 amide bonds. The maximum absolute atomic E-state index is 13.0. The molecular weight excluding hydrogens is 318 g/mol. The summed E-state index contributed by atoms with van der Waals surface area (Å²) in [7, 11) is 1.57. The number of hydrogen-bond donors (Lipinski definition) is 0. The number of benzene rings is 1. The molecule has 25 heavy (non-hydrogen) atoms. The number of carbonyl (C=O) groups excluding carboxylic acids is 1. The van der Waals surface area contributed by atoms with Crippen LogP contribution in [0.2, 0.25) is 0 Å². The van der Waals surface area contributed by atoms with E-state index in [0.717, 1.165) is 18.4 Å². The van der Waals surface area contributed by atoms with Gasteiger partial charge < -0.3 is 9.64 Å². The van der Waals surface area contributed by atoms with E-state index in [1.165, 1.54) is 22.4 Å². The Morgan fingerprint density at radius 1 is 1.32 bits per heavy atom. The van der Waals surface area contributed by atoms with Gasteiger partial charge in [0.25, 0.3) is 11.5 Å². The summed E-state index contributed by atoms with van der Waals surface area (Å²) in [5.74, 6) is -0.129. The smallest absolute Gasteiger partial charge is 0.274 e. The van der Waals surface area contributed by atoms with Gasteiger partial charge in [0.1, 0.15) is 5.69 Å². The third-order valence-corrected chi connectivity index (χ3v) is 4.53. The Kier molecular flexibility index (Phi) is 5.28. The zero-order valence-corrected chi connectivity index (χ0v) is 14.6. The summed E-state index contributed by atoms with van der Waals surface area (Å²) in [5.41, 5.74) is 2.40. The lowest BCUT2D eigenvalue weighted by Gasteiger charge is -2.25. The molecule has 0 N–H and O–H groups in total. The van der Waals surface area contributed by atoms with Crippen molar-refractivity contribution < 1.29 is 9.53 Å². The molecule has 1 fully saturated rings. The van der Waals surface area contributed by atoms with Crippen LogP contribution in [0.25, 0.3) is 0 Å². The normalized spacial score (nSPS) is 17.0. The molecule has 1 aliphatic rings. The van der Waals surface area contributed by atoms with Crippen molar-refractivity contribution in [3.8, 4) is 0 Å². The van der Waals surface area contributed by atoms with Gasteiger partial charge in [-0.2, -0.15) is 5.10 Å². The maximum Gasteiger partial charge on any atom is 0.274 e. The summed E-state index contributed by atoms with van der Waals surface area (Å²) in [6.07, 6.45) is 1.91. The van der Waals surface area contributed by atoms with Crippen LogP contribution in [0, 0.1) is 6.92 Å². The molecule has 6 heteroatoms. The lowest BCUT2D eigenvalue weighted by molar-refractivity contribution is 0.0725. The van der Waals surface area contributed by atoms with Crippen LogP contribution < -0.4 is 5.56 Å². The molecule has 1 aromatic carbocycles. The predicted octanol–water partition coefficient (Wildman–Crippen LogP) is 2.18. The number of amides is 1. The zero-order chi connectivity index (χ0) is 17.8. The van der Waals surface area contributed by atoms with Crippen molar-refractivity contribution in [3.63, 3.8) is 0 Å². The Bertz CT molecular complexity index is 816. The summed E-state index contributed by atoms with van der Waals surface area (Å²) < 4.78 is 6.28. The summed E-state index contributed by atoms with van der Waals surface area (Å²) in [6, 6.07) is 11.2. The van der Waals surface area contributed by atoms with Crippen molar-refractivity contribution in [2.24, 2.45) is 0 Å². The molecule has 0 bridgehead atoms. The summed E-state index contributed by atoms with van der Waals surface area (Å²) >= 11 is 0. The zero-order valence-electron chi connectivity index (χ0n) is 14.6. The second-order valence-electron chi connectivity index (χ2n) is 6.34. The first-order valence-electron chi connectivity index (χ1n) is 8.55. The average molecular weight is 341 g/mol. The van der Waals surface area contributed by atoms with Gasteiger partial charge in [0.15, 0.2) is 0 Å². The summed E-state index contributed by atoms with van der Waals surface area (Å²) in [5, 5.41) is 4.23. The van der Waals surface area contributed by atoms with Crippen LogP contribution in [0.1, 0.15) is 40.5 Å². The average Bonchev–Trinajstić information content (AvgIpc) is 3.10. The minimum absolute atomic E-state index is 0.0635. The number of hydrogen-bond acceptors (Lipinski definition) is 4. The first-order chi connectivity index (χ1) is 12.1. The maximum atomic E-state index is 13.0. The fourth-order valence-corrected chi connectivity index (χ4v) is 3.28. The van der Waals surface area contributed by atoms with E-state index in [4.69, 9.17) is 4.74 Å².